The van der Waals surface area contributed by atoms with Crippen molar-refractivity contribution in [2.24, 2.45) is 5.41 Å². The van der Waals surface area contributed by atoms with Crippen LogP contribution in [0.2, 0.25) is 0 Å². The maximum atomic E-state index is 12.3. The quantitative estimate of drug-likeness (QED) is 0.621. The highest BCUT2D eigenvalue weighted by Gasteiger charge is 2.21. The second kappa shape index (κ2) is 8.68. The molecule has 1 N–H and O–H groups in total. The average molecular weight is 394 g/mol. The Hall–Kier alpha value is -2.82. The summed E-state index contributed by atoms with van der Waals surface area (Å²) in [4.78, 5) is 17.0. The summed E-state index contributed by atoms with van der Waals surface area (Å²) in [6, 6.07) is 16.2. The van der Waals surface area contributed by atoms with Gasteiger partial charge in [-0.15, -0.1) is 0 Å². The molecule has 0 radical (unpaired) electrons. The molecule has 0 bridgehead atoms. The number of nitrogens with zero attached hydrogens (tertiary/aromatic N) is 2. The van der Waals surface area contributed by atoms with E-state index < -0.39 is 5.41 Å². The number of fused-ring (bicyclic) bond motifs is 1. The predicted octanol–water partition coefficient (Wildman–Crippen LogP) is 4.90. The molecule has 0 spiro atoms. The summed E-state index contributed by atoms with van der Waals surface area (Å²) >= 11 is 0. The Kier molecular flexibility index (Phi) is 6.26. The normalized spacial score (nSPS) is 11.8. The van der Waals surface area contributed by atoms with Gasteiger partial charge in [-0.3, -0.25) is 4.79 Å². The first-order valence-corrected chi connectivity index (χ1v) is 10.2. The number of carbonyl (C=O) groups excluding carboxylic acids is 1. The van der Waals surface area contributed by atoms with Crippen LogP contribution in [0, 0.1) is 5.41 Å². The third-order valence-corrected chi connectivity index (χ3v) is 4.94. The molecule has 0 aliphatic carbocycles. The number of para-hydroxylation sites is 3. The van der Waals surface area contributed by atoms with E-state index in [0.717, 1.165) is 22.6 Å². The minimum atomic E-state index is -0.430. The molecular formula is C24H31N3O2. The van der Waals surface area contributed by atoms with Crippen molar-refractivity contribution in [3.8, 4) is 5.75 Å². The number of rotatable bonds is 7. The van der Waals surface area contributed by atoms with Crippen LogP contribution in [-0.4, -0.2) is 22.1 Å². The van der Waals surface area contributed by atoms with Crippen LogP contribution in [0.15, 0.2) is 48.5 Å². The van der Waals surface area contributed by atoms with Gasteiger partial charge in [-0.1, -0.05) is 65.0 Å². The molecule has 3 aromatic rings. The molecule has 1 heterocycles. The first-order valence-electron chi connectivity index (χ1n) is 10.2. The number of hydrogen-bond acceptors (Lipinski definition) is 3. The first-order chi connectivity index (χ1) is 13.8. The molecule has 0 unspecified atom stereocenters. The molecule has 5 nitrogen and oxygen atoms in total. The predicted molar refractivity (Wildman–Crippen MR) is 117 cm³/mol. The zero-order chi connectivity index (χ0) is 21.0. The standard InChI is InChI=1S/C24H31N3O2/c1-17(2)18-10-6-9-13-21(18)29-15-14-27-20-12-8-7-11-19(20)26-22(27)16-25-23(28)24(3,4)5/h6-13,17H,14-16H2,1-5H3,(H,25,28). The van der Waals surface area contributed by atoms with Gasteiger partial charge in [0.25, 0.3) is 0 Å². The van der Waals surface area contributed by atoms with Crippen LogP contribution < -0.4 is 10.1 Å². The Morgan fingerprint density at radius 3 is 2.52 bits per heavy atom. The molecule has 29 heavy (non-hydrogen) atoms. The molecule has 1 aromatic heterocycles. The molecule has 154 valence electrons. The van der Waals surface area contributed by atoms with E-state index in [1.165, 1.54) is 5.56 Å². The second-order valence-corrected chi connectivity index (χ2v) is 8.64. The fourth-order valence-electron chi connectivity index (χ4n) is 3.27. The van der Waals surface area contributed by atoms with Crippen LogP contribution in [-0.2, 0) is 17.9 Å². The summed E-state index contributed by atoms with van der Waals surface area (Å²) in [6.45, 7) is 11.6. The highest BCUT2D eigenvalue weighted by atomic mass is 16.5. The lowest BCUT2D eigenvalue weighted by Crippen LogP contribution is -2.35. The molecule has 0 aliphatic heterocycles. The van der Waals surface area contributed by atoms with Gasteiger partial charge in [-0.2, -0.15) is 0 Å². The molecule has 0 aliphatic rings. The minimum Gasteiger partial charge on any atom is -0.491 e. The van der Waals surface area contributed by atoms with Gasteiger partial charge in [0.15, 0.2) is 0 Å². The van der Waals surface area contributed by atoms with Gasteiger partial charge < -0.3 is 14.6 Å². The maximum absolute atomic E-state index is 12.3. The first kappa shape index (κ1) is 20.9. The van der Waals surface area contributed by atoms with Crippen LogP contribution in [0.1, 0.15) is 51.9 Å². The summed E-state index contributed by atoms with van der Waals surface area (Å²) in [5.74, 6) is 2.18. The van der Waals surface area contributed by atoms with Gasteiger partial charge in [0.2, 0.25) is 5.91 Å². The highest BCUT2D eigenvalue weighted by molar-refractivity contribution is 5.81. The monoisotopic (exact) mass is 393 g/mol. The van der Waals surface area contributed by atoms with Crippen molar-refractivity contribution in [1.29, 1.82) is 0 Å². The molecule has 2 aromatic carbocycles. The van der Waals surface area contributed by atoms with Gasteiger partial charge >= 0.3 is 0 Å². The number of carbonyl (C=O) groups is 1. The van der Waals surface area contributed by atoms with Crippen LogP contribution >= 0.6 is 0 Å². The number of benzene rings is 2. The van der Waals surface area contributed by atoms with E-state index >= 15 is 0 Å². The number of amides is 1. The van der Waals surface area contributed by atoms with Crippen molar-refractivity contribution >= 4 is 16.9 Å². The highest BCUT2D eigenvalue weighted by Crippen LogP contribution is 2.26. The van der Waals surface area contributed by atoms with Crippen LogP contribution in [0.25, 0.3) is 11.0 Å². The number of hydrogen-bond donors (Lipinski definition) is 1. The largest absolute Gasteiger partial charge is 0.491 e. The Labute approximate surface area is 173 Å². The molecule has 0 atom stereocenters. The van der Waals surface area contributed by atoms with Gasteiger partial charge in [0, 0.05) is 5.41 Å². The molecule has 3 rings (SSSR count). The summed E-state index contributed by atoms with van der Waals surface area (Å²) in [7, 11) is 0. The number of aromatic nitrogens is 2. The Morgan fingerprint density at radius 1 is 1.10 bits per heavy atom. The van der Waals surface area contributed by atoms with Crippen molar-refractivity contribution in [3.05, 3.63) is 59.9 Å². The molecule has 5 heteroatoms. The minimum absolute atomic E-state index is 0.0122. The Balaban J connectivity index is 1.77. The lowest BCUT2D eigenvalue weighted by atomic mass is 9.96. The van der Waals surface area contributed by atoms with Gasteiger partial charge in [0.1, 0.15) is 18.2 Å². The zero-order valence-electron chi connectivity index (χ0n) is 18.0. The van der Waals surface area contributed by atoms with E-state index in [0.29, 0.717) is 25.6 Å². The molecule has 0 saturated carbocycles. The fourth-order valence-corrected chi connectivity index (χ4v) is 3.27. The van der Waals surface area contributed by atoms with E-state index in [1.54, 1.807) is 0 Å². The van der Waals surface area contributed by atoms with E-state index in [1.807, 2.05) is 57.2 Å². The summed E-state index contributed by atoms with van der Waals surface area (Å²) in [5, 5.41) is 3.01. The summed E-state index contributed by atoms with van der Waals surface area (Å²) < 4.78 is 8.25. The molecule has 1 amide bonds. The SMILES string of the molecule is CC(C)c1ccccc1OCCn1c(CNC(=O)C(C)(C)C)nc2ccccc21. The van der Waals surface area contributed by atoms with Crippen LogP contribution in [0.3, 0.4) is 0 Å². The topological polar surface area (TPSA) is 56.1 Å². The average Bonchev–Trinajstić information content (AvgIpc) is 3.03. The van der Waals surface area contributed by atoms with E-state index in [9.17, 15) is 4.79 Å². The zero-order valence-corrected chi connectivity index (χ0v) is 18.0. The molecular weight excluding hydrogens is 362 g/mol. The second-order valence-electron chi connectivity index (χ2n) is 8.64. The van der Waals surface area contributed by atoms with Crippen molar-refractivity contribution in [1.82, 2.24) is 14.9 Å². The number of ether oxygens (including phenoxy) is 1. The van der Waals surface area contributed by atoms with Gasteiger partial charge in [0.05, 0.1) is 24.1 Å². The number of nitrogens with one attached hydrogen (secondary N) is 1. The van der Waals surface area contributed by atoms with Crippen molar-refractivity contribution < 1.29 is 9.53 Å². The van der Waals surface area contributed by atoms with Crippen molar-refractivity contribution in [2.45, 2.75) is 53.6 Å². The third kappa shape index (κ3) is 4.97. The lowest BCUT2D eigenvalue weighted by molar-refractivity contribution is -0.128. The van der Waals surface area contributed by atoms with Crippen LogP contribution in [0.5, 0.6) is 5.75 Å². The van der Waals surface area contributed by atoms with E-state index in [-0.39, 0.29) is 5.91 Å². The third-order valence-electron chi connectivity index (χ3n) is 4.94. The molecule has 0 saturated heterocycles. The van der Waals surface area contributed by atoms with Crippen molar-refractivity contribution in [2.75, 3.05) is 6.61 Å². The van der Waals surface area contributed by atoms with Crippen molar-refractivity contribution in [3.63, 3.8) is 0 Å². The van der Waals surface area contributed by atoms with Crippen LogP contribution in [0.4, 0.5) is 0 Å². The van der Waals surface area contributed by atoms with Gasteiger partial charge in [-0.25, -0.2) is 4.98 Å². The summed E-state index contributed by atoms with van der Waals surface area (Å²) in [5.41, 5.74) is 2.75. The lowest BCUT2D eigenvalue weighted by Gasteiger charge is -2.18. The van der Waals surface area contributed by atoms with E-state index in [4.69, 9.17) is 9.72 Å². The fraction of sp³-hybridized carbons (Fsp3) is 0.417. The Bertz CT molecular complexity index is 983. The maximum Gasteiger partial charge on any atom is 0.225 e. The van der Waals surface area contributed by atoms with E-state index in [2.05, 4.69) is 35.9 Å². The summed E-state index contributed by atoms with van der Waals surface area (Å²) in [6.07, 6.45) is 0. The molecule has 0 fully saturated rings. The number of imidazole rings is 1. The smallest absolute Gasteiger partial charge is 0.225 e. The Morgan fingerprint density at radius 2 is 1.79 bits per heavy atom. The van der Waals surface area contributed by atoms with Gasteiger partial charge in [-0.05, 0) is 29.7 Å².